The normalized spacial score (nSPS) is 12.5. The van der Waals surface area contributed by atoms with Gasteiger partial charge in [0.2, 0.25) is 15.9 Å². The lowest BCUT2D eigenvalue weighted by molar-refractivity contribution is -0.117. The van der Waals surface area contributed by atoms with Crippen molar-refractivity contribution >= 4 is 33.2 Å². The molecule has 0 unspecified atom stereocenters. The molecular weight excluding hydrogens is 371 g/mol. The number of nitrogens with one attached hydrogen (secondary N) is 2. The van der Waals surface area contributed by atoms with Crippen molar-refractivity contribution in [1.82, 2.24) is 4.72 Å². The molecule has 9 heteroatoms. The zero-order valence-corrected chi connectivity index (χ0v) is 15.0. The molecule has 2 rings (SSSR count). The molecule has 0 aliphatic rings. The summed E-state index contributed by atoms with van der Waals surface area (Å²) in [6.07, 6.45) is 0. The van der Waals surface area contributed by atoms with Crippen molar-refractivity contribution in [1.29, 1.82) is 0 Å². The minimum Gasteiger partial charge on any atom is -0.495 e. The van der Waals surface area contributed by atoms with Crippen molar-refractivity contribution in [2.24, 2.45) is 0 Å². The van der Waals surface area contributed by atoms with Gasteiger partial charge in [0, 0.05) is 5.69 Å². The van der Waals surface area contributed by atoms with E-state index < -0.39 is 27.8 Å². The van der Waals surface area contributed by atoms with Gasteiger partial charge in [-0.25, -0.2) is 12.8 Å². The van der Waals surface area contributed by atoms with E-state index in [2.05, 4.69) is 10.0 Å². The molecule has 1 amide bonds. The van der Waals surface area contributed by atoms with Crippen LogP contribution in [0.5, 0.6) is 5.75 Å². The Morgan fingerprint density at radius 2 is 1.84 bits per heavy atom. The van der Waals surface area contributed by atoms with Crippen LogP contribution in [0.15, 0.2) is 47.4 Å². The van der Waals surface area contributed by atoms with Gasteiger partial charge >= 0.3 is 0 Å². The third kappa shape index (κ3) is 4.91. The summed E-state index contributed by atoms with van der Waals surface area (Å²) in [5.74, 6) is -0.683. The monoisotopic (exact) mass is 386 g/mol. The number of hydrogen-bond donors (Lipinski definition) is 2. The van der Waals surface area contributed by atoms with E-state index in [0.29, 0.717) is 16.5 Å². The quantitative estimate of drug-likeness (QED) is 0.799. The van der Waals surface area contributed by atoms with Crippen LogP contribution in [0.1, 0.15) is 6.92 Å². The fraction of sp³-hybridized carbons (Fsp3) is 0.188. The van der Waals surface area contributed by atoms with E-state index in [4.69, 9.17) is 16.3 Å². The number of halogens is 2. The molecule has 0 aromatic heterocycles. The van der Waals surface area contributed by atoms with Gasteiger partial charge in [-0.05, 0) is 49.4 Å². The Bertz CT molecular complexity index is 872. The van der Waals surface area contributed by atoms with E-state index in [0.717, 1.165) is 24.3 Å². The van der Waals surface area contributed by atoms with Gasteiger partial charge in [-0.1, -0.05) is 11.6 Å². The lowest BCUT2D eigenvalue weighted by atomic mass is 10.2. The largest absolute Gasteiger partial charge is 0.495 e. The second-order valence-corrected chi connectivity index (χ2v) is 7.26. The highest BCUT2D eigenvalue weighted by atomic mass is 35.5. The molecule has 0 saturated heterocycles. The smallest absolute Gasteiger partial charge is 0.242 e. The zero-order chi connectivity index (χ0) is 18.6. The van der Waals surface area contributed by atoms with E-state index in [9.17, 15) is 17.6 Å². The second kappa shape index (κ2) is 7.81. The van der Waals surface area contributed by atoms with Crippen molar-refractivity contribution < 1.29 is 22.3 Å². The number of benzene rings is 2. The average Bonchev–Trinajstić information content (AvgIpc) is 2.55. The molecule has 6 nitrogen and oxygen atoms in total. The van der Waals surface area contributed by atoms with Crippen molar-refractivity contribution in [3.63, 3.8) is 0 Å². The number of methoxy groups -OCH3 is 1. The molecule has 0 aliphatic carbocycles. The maximum absolute atomic E-state index is 12.9. The maximum Gasteiger partial charge on any atom is 0.242 e. The molecule has 2 aromatic rings. The Morgan fingerprint density at radius 1 is 1.20 bits per heavy atom. The molecule has 0 bridgehead atoms. The fourth-order valence-electron chi connectivity index (χ4n) is 1.96. The molecular formula is C16H16ClFN2O4S. The molecule has 1 atom stereocenters. The third-order valence-electron chi connectivity index (χ3n) is 3.27. The minimum absolute atomic E-state index is 0.138. The first kappa shape index (κ1) is 19.2. The van der Waals surface area contributed by atoms with Crippen molar-refractivity contribution in [2.75, 3.05) is 12.4 Å². The van der Waals surface area contributed by atoms with Crippen LogP contribution in [-0.4, -0.2) is 27.5 Å². The molecule has 0 aliphatic heterocycles. The molecule has 0 radical (unpaired) electrons. The Balaban J connectivity index is 2.07. The van der Waals surface area contributed by atoms with Crippen LogP contribution >= 0.6 is 11.6 Å². The van der Waals surface area contributed by atoms with Crippen LogP contribution in [0.3, 0.4) is 0 Å². The lowest BCUT2D eigenvalue weighted by Crippen LogP contribution is -2.41. The van der Waals surface area contributed by atoms with Gasteiger partial charge < -0.3 is 10.1 Å². The number of carbonyl (C=O) groups excluding carboxylic acids is 1. The first-order valence-corrected chi connectivity index (χ1v) is 9.01. The predicted molar refractivity (Wildman–Crippen MR) is 92.8 cm³/mol. The number of rotatable bonds is 6. The Labute approximate surface area is 150 Å². The maximum atomic E-state index is 12.9. The average molecular weight is 387 g/mol. The number of ether oxygens (including phenoxy) is 1. The molecule has 0 spiro atoms. The summed E-state index contributed by atoms with van der Waals surface area (Å²) in [6.45, 7) is 1.39. The summed E-state index contributed by atoms with van der Waals surface area (Å²) in [5.41, 5.74) is 0.392. The van der Waals surface area contributed by atoms with Crippen molar-refractivity contribution in [3.05, 3.63) is 53.3 Å². The summed E-state index contributed by atoms with van der Waals surface area (Å²) in [6, 6.07) is 7.86. The molecule has 2 N–H and O–H groups in total. The molecule has 134 valence electrons. The minimum atomic E-state index is -3.96. The van der Waals surface area contributed by atoms with Crippen LogP contribution in [-0.2, 0) is 14.8 Å². The first-order valence-electron chi connectivity index (χ1n) is 7.15. The highest BCUT2D eigenvalue weighted by Gasteiger charge is 2.22. The number of hydrogen-bond acceptors (Lipinski definition) is 4. The first-order chi connectivity index (χ1) is 11.7. The molecule has 0 fully saturated rings. The van der Waals surface area contributed by atoms with Gasteiger partial charge in [-0.15, -0.1) is 0 Å². The topological polar surface area (TPSA) is 84.5 Å². The van der Waals surface area contributed by atoms with Gasteiger partial charge in [0.1, 0.15) is 11.6 Å². The van der Waals surface area contributed by atoms with Crippen molar-refractivity contribution in [2.45, 2.75) is 17.9 Å². The van der Waals surface area contributed by atoms with E-state index in [1.165, 1.54) is 20.1 Å². The van der Waals surface area contributed by atoms with Gasteiger partial charge in [0.05, 0.1) is 23.1 Å². The SMILES string of the molecule is COc1ccc(NC(=O)[C@H](C)NS(=O)(=O)c2ccc(F)cc2)cc1Cl. The van der Waals surface area contributed by atoms with Gasteiger partial charge in [-0.3, -0.25) is 4.79 Å². The summed E-state index contributed by atoms with van der Waals surface area (Å²) >= 11 is 5.97. The Morgan fingerprint density at radius 3 is 2.40 bits per heavy atom. The standard InChI is InChI=1S/C16H16ClFN2O4S/c1-10(20-25(22,23)13-6-3-11(18)4-7-13)16(21)19-12-5-8-15(24-2)14(17)9-12/h3-10,20H,1-2H3,(H,19,21)/t10-/m0/s1. The van der Waals surface area contributed by atoms with Gasteiger partial charge in [0.25, 0.3) is 0 Å². The van der Waals surface area contributed by atoms with E-state index >= 15 is 0 Å². The Kier molecular flexibility index (Phi) is 5.99. The summed E-state index contributed by atoms with van der Waals surface area (Å²) < 4.78 is 44.5. The predicted octanol–water partition coefficient (Wildman–Crippen LogP) is 2.79. The molecule has 25 heavy (non-hydrogen) atoms. The zero-order valence-electron chi connectivity index (χ0n) is 13.4. The van der Waals surface area contributed by atoms with E-state index in [1.807, 2.05) is 0 Å². The summed E-state index contributed by atoms with van der Waals surface area (Å²) in [5, 5.41) is 2.86. The van der Waals surface area contributed by atoms with Crippen LogP contribution in [0.25, 0.3) is 0 Å². The van der Waals surface area contributed by atoms with Crippen molar-refractivity contribution in [3.8, 4) is 5.75 Å². The third-order valence-corrected chi connectivity index (χ3v) is 5.12. The Hall–Kier alpha value is -2.16. The highest BCUT2D eigenvalue weighted by Crippen LogP contribution is 2.27. The number of carbonyl (C=O) groups is 1. The van der Waals surface area contributed by atoms with Crippen LogP contribution < -0.4 is 14.8 Å². The number of amides is 1. The van der Waals surface area contributed by atoms with E-state index in [1.54, 1.807) is 12.1 Å². The van der Waals surface area contributed by atoms with Crippen LogP contribution in [0.2, 0.25) is 5.02 Å². The second-order valence-electron chi connectivity index (χ2n) is 5.14. The fourth-order valence-corrected chi connectivity index (χ4v) is 3.42. The number of sulfonamides is 1. The molecule has 0 heterocycles. The summed E-state index contributed by atoms with van der Waals surface area (Å²) in [4.78, 5) is 12.0. The number of anilines is 1. The van der Waals surface area contributed by atoms with Crippen LogP contribution in [0.4, 0.5) is 10.1 Å². The molecule has 0 saturated carbocycles. The van der Waals surface area contributed by atoms with Gasteiger partial charge in [0.15, 0.2) is 0 Å². The van der Waals surface area contributed by atoms with E-state index in [-0.39, 0.29) is 4.90 Å². The van der Waals surface area contributed by atoms with Gasteiger partial charge in [-0.2, -0.15) is 4.72 Å². The molecule has 2 aromatic carbocycles. The highest BCUT2D eigenvalue weighted by molar-refractivity contribution is 7.89. The van der Waals surface area contributed by atoms with Crippen LogP contribution in [0, 0.1) is 5.82 Å². The lowest BCUT2D eigenvalue weighted by Gasteiger charge is -2.15. The summed E-state index contributed by atoms with van der Waals surface area (Å²) in [7, 11) is -2.49.